The molecule has 0 aliphatic rings. The van der Waals surface area contributed by atoms with Crippen LogP contribution in [-0.4, -0.2) is 15.7 Å². The van der Waals surface area contributed by atoms with Crippen LogP contribution >= 0.6 is 0 Å². The van der Waals surface area contributed by atoms with Crippen molar-refractivity contribution >= 4 is 11.6 Å². The van der Waals surface area contributed by atoms with E-state index in [9.17, 15) is 9.59 Å². The molecule has 1 aromatic heterocycles. The fourth-order valence-electron chi connectivity index (χ4n) is 2.10. The van der Waals surface area contributed by atoms with Gasteiger partial charge in [0, 0.05) is 11.8 Å². The first kappa shape index (κ1) is 15.0. The number of hydrogen-bond donors (Lipinski definition) is 1. The molecule has 1 heterocycles. The molecule has 0 aliphatic heterocycles. The molecule has 0 fully saturated rings. The van der Waals surface area contributed by atoms with E-state index in [0.29, 0.717) is 11.6 Å². The monoisotopic (exact) mass is 285 g/mol. The van der Waals surface area contributed by atoms with Crippen LogP contribution in [0.15, 0.2) is 41.2 Å². The Morgan fingerprint density at radius 3 is 2.67 bits per heavy atom. The number of amides is 1. The van der Waals surface area contributed by atoms with E-state index >= 15 is 0 Å². The van der Waals surface area contributed by atoms with Crippen molar-refractivity contribution in [1.29, 1.82) is 0 Å². The third-order valence-electron chi connectivity index (χ3n) is 3.15. The average molecular weight is 285 g/mol. The minimum Gasteiger partial charge on any atom is -0.324 e. The SMILES string of the molecule is Cc1ccc(=O)n(CC(=O)Nc2ccccc2C(C)C)n1. The lowest BCUT2D eigenvalue weighted by Gasteiger charge is -2.13. The van der Waals surface area contributed by atoms with Gasteiger partial charge in [-0.15, -0.1) is 0 Å². The van der Waals surface area contributed by atoms with Gasteiger partial charge in [-0.25, -0.2) is 4.68 Å². The van der Waals surface area contributed by atoms with Gasteiger partial charge in [0.25, 0.3) is 5.56 Å². The topological polar surface area (TPSA) is 64.0 Å². The predicted octanol–water partition coefficient (Wildman–Crippen LogP) is 2.31. The van der Waals surface area contributed by atoms with Gasteiger partial charge < -0.3 is 5.32 Å². The Bertz CT molecular complexity index is 705. The maximum atomic E-state index is 12.1. The van der Waals surface area contributed by atoms with E-state index in [1.807, 2.05) is 24.3 Å². The molecule has 1 N–H and O–H groups in total. The maximum Gasteiger partial charge on any atom is 0.267 e. The zero-order valence-corrected chi connectivity index (χ0v) is 12.5. The average Bonchev–Trinajstić information content (AvgIpc) is 2.43. The highest BCUT2D eigenvalue weighted by molar-refractivity contribution is 5.91. The van der Waals surface area contributed by atoms with Gasteiger partial charge in [0.15, 0.2) is 0 Å². The van der Waals surface area contributed by atoms with Crippen LogP contribution in [0.3, 0.4) is 0 Å². The summed E-state index contributed by atoms with van der Waals surface area (Å²) < 4.78 is 1.17. The van der Waals surface area contributed by atoms with E-state index in [1.54, 1.807) is 13.0 Å². The molecule has 1 amide bonds. The molecule has 0 saturated heterocycles. The minimum absolute atomic E-state index is 0.0903. The minimum atomic E-state index is -0.284. The molecule has 110 valence electrons. The first-order valence-corrected chi connectivity index (χ1v) is 6.91. The van der Waals surface area contributed by atoms with Crippen molar-refractivity contribution in [3.63, 3.8) is 0 Å². The molecule has 21 heavy (non-hydrogen) atoms. The van der Waals surface area contributed by atoms with Gasteiger partial charge in [0.2, 0.25) is 5.91 Å². The Kier molecular flexibility index (Phi) is 4.52. The zero-order valence-electron chi connectivity index (χ0n) is 12.5. The summed E-state index contributed by atoms with van der Waals surface area (Å²) in [5.74, 6) is 0.0459. The Hall–Kier alpha value is -2.43. The second-order valence-corrected chi connectivity index (χ2v) is 5.26. The van der Waals surface area contributed by atoms with Crippen LogP contribution in [0.2, 0.25) is 0 Å². The molecule has 0 bridgehead atoms. The van der Waals surface area contributed by atoms with Crippen molar-refractivity contribution in [2.24, 2.45) is 0 Å². The van der Waals surface area contributed by atoms with Gasteiger partial charge in [-0.05, 0) is 30.5 Å². The fraction of sp³-hybridized carbons (Fsp3) is 0.312. The molecule has 0 aliphatic carbocycles. The zero-order chi connectivity index (χ0) is 15.4. The smallest absolute Gasteiger partial charge is 0.267 e. The molecular formula is C16H19N3O2. The summed E-state index contributed by atoms with van der Waals surface area (Å²) in [6, 6.07) is 10.7. The number of benzene rings is 1. The Labute approximate surface area is 123 Å². The van der Waals surface area contributed by atoms with Crippen molar-refractivity contribution in [1.82, 2.24) is 9.78 Å². The molecular weight excluding hydrogens is 266 g/mol. The van der Waals surface area contributed by atoms with Crippen molar-refractivity contribution in [2.45, 2.75) is 33.2 Å². The lowest BCUT2D eigenvalue weighted by Crippen LogP contribution is -2.29. The van der Waals surface area contributed by atoms with Gasteiger partial charge in [0.05, 0.1) is 5.69 Å². The summed E-state index contributed by atoms with van der Waals surface area (Å²) in [5.41, 5.74) is 2.26. The number of para-hydroxylation sites is 1. The normalized spacial score (nSPS) is 10.7. The second kappa shape index (κ2) is 6.35. The summed E-state index contributed by atoms with van der Waals surface area (Å²) in [4.78, 5) is 23.8. The Balaban J connectivity index is 2.16. The van der Waals surface area contributed by atoms with E-state index in [2.05, 4.69) is 24.3 Å². The third-order valence-corrected chi connectivity index (χ3v) is 3.15. The second-order valence-electron chi connectivity index (χ2n) is 5.26. The fourth-order valence-corrected chi connectivity index (χ4v) is 2.10. The number of anilines is 1. The van der Waals surface area contributed by atoms with E-state index in [1.165, 1.54) is 10.7 Å². The predicted molar refractivity (Wildman–Crippen MR) is 82.4 cm³/mol. The van der Waals surface area contributed by atoms with Gasteiger partial charge in [-0.1, -0.05) is 32.0 Å². The Morgan fingerprint density at radius 1 is 1.24 bits per heavy atom. The maximum absolute atomic E-state index is 12.1. The molecule has 0 radical (unpaired) electrons. The van der Waals surface area contributed by atoms with Crippen molar-refractivity contribution in [3.8, 4) is 0 Å². The van der Waals surface area contributed by atoms with E-state index in [-0.39, 0.29) is 18.0 Å². The molecule has 5 heteroatoms. The highest BCUT2D eigenvalue weighted by Gasteiger charge is 2.10. The van der Waals surface area contributed by atoms with E-state index < -0.39 is 0 Å². The van der Waals surface area contributed by atoms with Crippen LogP contribution in [0.5, 0.6) is 0 Å². The summed E-state index contributed by atoms with van der Waals surface area (Å²) in [5, 5.41) is 6.90. The molecule has 0 atom stereocenters. The van der Waals surface area contributed by atoms with Gasteiger partial charge in [-0.3, -0.25) is 9.59 Å². The van der Waals surface area contributed by atoms with Crippen molar-refractivity contribution in [3.05, 3.63) is 58.0 Å². The third kappa shape index (κ3) is 3.78. The summed E-state index contributed by atoms with van der Waals surface area (Å²) in [6.07, 6.45) is 0. The van der Waals surface area contributed by atoms with Gasteiger partial charge in [-0.2, -0.15) is 5.10 Å². The number of rotatable bonds is 4. The number of carbonyl (C=O) groups is 1. The van der Waals surface area contributed by atoms with E-state index in [4.69, 9.17) is 0 Å². The molecule has 0 saturated carbocycles. The van der Waals surface area contributed by atoms with Crippen molar-refractivity contribution in [2.75, 3.05) is 5.32 Å². The molecule has 0 spiro atoms. The Morgan fingerprint density at radius 2 is 1.95 bits per heavy atom. The molecule has 0 unspecified atom stereocenters. The largest absolute Gasteiger partial charge is 0.324 e. The number of aromatic nitrogens is 2. The van der Waals surface area contributed by atoms with Gasteiger partial charge >= 0.3 is 0 Å². The number of carbonyl (C=O) groups excluding carboxylic acids is 1. The van der Waals surface area contributed by atoms with Crippen LogP contribution in [0, 0.1) is 6.92 Å². The number of nitrogens with zero attached hydrogens (tertiary/aromatic N) is 2. The molecule has 5 nitrogen and oxygen atoms in total. The van der Waals surface area contributed by atoms with Crippen LogP contribution in [0.4, 0.5) is 5.69 Å². The number of nitrogens with one attached hydrogen (secondary N) is 1. The first-order valence-electron chi connectivity index (χ1n) is 6.91. The quantitative estimate of drug-likeness (QED) is 0.937. The van der Waals surface area contributed by atoms with Crippen molar-refractivity contribution < 1.29 is 4.79 Å². The highest BCUT2D eigenvalue weighted by atomic mass is 16.2. The molecule has 2 rings (SSSR count). The van der Waals surface area contributed by atoms with Crippen LogP contribution in [-0.2, 0) is 11.3 Å². The highest BCUT2D eigenvalue weighted by Crippen LogP contribution is 2.23. The van der Waals surface area contributed by atoms with E-state index in [0.717, 1.165) is 11.3 Å². The first-order chi connectivity index (χ1) is 9.97. The van der Waals surface area contributed by atoms with Crippen LogP contribution in [0.25, 0.3) is 0 Å². The number of hydrogen-bond acceptors (Lipinski definition) is 3. The standard InChI is InChI=1S/C16H19N3O2/c1-11(2)13-6-4-5-7-14(13)17-15(20)10-19-16(21)9-8-12(3)18-19/h4-9,11H,10H2,1-3H3,(H,17,20). The summed E-state index contributed by atoms with van der Waals surface area (Å²) in [6.45, 7) is 5.82. The molecule has 2 aromatic rings. The summed E-state index contributed by atoms with van der Waals surface area (Å²) in [7, 11) is 0. The van der Waals surface area contributed by atoms with Crippen LogP contribution in [0.1, 0.15) is 31.0 Å². The lowest BCUT2D eigenvalue weighted by atomic mass is 10.0. The van der Waals surface area contributed by atoms with Gasteiger partial charge in [0.1, 0.15) is 6.54 Å². The van der Waals surface area contributed by atoms with Crippen LogP contribution < -0.4 is 10.9 Å². The lowest BCUT2D eigenvalue weighted by molar-refractivity contribution is -0.117. The summed E-state index contributed by atoms with van der Waals surface area (Å²) >= 11 is 0. The number of aryl methyl sites for hydroxylation is 1. The molecule has 1 aromatic carbocycles.